The number of carbonyl (C=O) groups excluding carboxylic acids is 1. The van der Waals surface area contributed by atoms with Crippen LogP contribution in [-0.2, 0) is 16.6 Å². The standard InChI is InChI=1S/C21H15ClN4O7S2/c22-17-7-3-14(26(28)29)11-19(17)32-12-15-4-8-18(33-15)20(27)24-13-1-5-16(6-2-13)35(30,31)25-21-23-9-10-34-21/h1-11H,12H2,(H,23,25)(H,24,27). The summed E-state index contributed by atoms with van der Waals surface area (Å²) in [5.41, 5.74) is 0.169. The SMILES string of the molecule is O=C(Nc1ccc(S(=O)(=O)Nc2nccs2)cc1)c1ccc(COc2cc([N+](=O)[O-])ccc2Cl)o1. The van der Waals surface area contributed by atoms with Crippen molar-refractivity contribution in [2.24, 2.45) is 0 Å². The summed E-state index contributed by atoms with van der Waals surface area (Å²) in [6.07, 6.45) is 1.48. The zero-order valence-corrected chi connectivity index (χ0v) is 19.9. The fourth-order valence-electron chi connectivity index (χ4n) is 2.80. The molecule has 2 aromatic carbocycles. The molecule has 35 heavy (non-hydrogen) atoms. The Labute approximate surface area is 207 Å². The van der Waals surface area contributed by atoms with Crippen LogP contribution < -0.4 is 14.8 Å². The van der Waals surface area contributed by atoms with Crippen molar-refractivity contribution in [1.82, 2.24) is 4.98 Å². The maximum absolute atomic E-state index is 12.5. The molecular formula is C21H15ClN4O7S2. The van der Waals surface area contributed by atoms with Crippen LogP contribution in [0, 0.1) is 10.1 Å². The van der Waals surface area contributed by atoms with Crippen LogP contribution in [0.5, 0.6) is 5.75 Å². The molecule has 0 radical (unpaired) electrons. The summed E-state index contributed by atoms with van der Waals surface area (Å²) in [6, 6.07) is 12.3. The van der Waals surface area contributed by atoms with Gasteiger partial charge < -0.3 is 14.5 Å². The second kappa shape index (κ2) is 10.1. The predicted molar refractivity (Wildman–Crippen MR) is 128 cm³/mol. The molecule has 0 bridgehead atoms. The lowest BCUT2D eigenvalue weighted by Gasteiger charge is -2.07. The van der Waals surface area contributed by atoms with Crippen LogP contribution in [0.25, 0.3) is 0 Å². The van der Waals surface area contributed by atoms with Gasteiger partial charge in [0.05, 0.1) is 20.9 Å². The topological polar surface area (TPSA) is 154 Å². The number of thiazole rings is 1. The summed E-state index contributed by atoms with van der Waals surface area (Å²) < 4.78 is 38.1. The van der Waals surface area contributed by atoms with E-state index in [0.29, 0.717) is 5.69 Å². The molecule has 14 heteroatoms. The van der Waals surface area contributed by atoms with E-state index in [2.05, 4.69) is 15.0 Å². The molecule has 0 aliphatic heterocycles. The van der Waals surface area contributed by atoms with Gasteiger partial charge in [0.15, 0.2) is 10.9 Å². The summed E-state index contributed by atoms with van der Waals surface area (Å²) in [5.74, 6) is -0.202. The van der Waals surface area contributed by atoms with Gasteiger partial charge >= 0.3 is 0 Å². The minimum Gasteiger partial charge on any atom is -0.484 e. The van der Waals surface area contributed by atoms with Gasteiger partial charge in [-0.05, 0) is 42.5 Å². The number of amides is 1. The van der Waals surface area contributed by atoms with Gasteiger partial charge in [-0.15, -0.1) is 11.3 Å². The maximum atomic E-state index is 12.5. The number of benzene rings is 2. The monoisotopic (exact) mass is 534 g/mol. The number of furan rings is 1. The van der Waals surface area contributed by atoms with Crippen LogP contribution in [0.4, 0.5) is 16.5 Å². The van der Waals surface area contributed by atoms with Crippen molar-refractivity contribution in [3.05, 3.63) is 92.8 Å². The molecule has 0 saturated heterocycles. The number of sulfonamides is 1. The first-order chi connectivity index (χ1) is 16.7. The normalized spacial score (nSPS) is 11.1. The Morgan fingerprint density at radius 3 is 2.63 bits per heavy atom. The van der Waals surface area contributed by atoms with Crippen molar-refractivity contribution in [3.8, 4) is 5.75 Å². The Kier molecular flexibility index (Phi) is 7.00. The van der Waals surface area contributed by atoms with Crippen LogP contribution in [0.2, 0.25) is 5.02 Å². The summed E-state index contributed by atoms with van der Waals surface area (Å²) in [5, 5.41) is 15.6. The number of anilines is 2. The van der Waals surface area contributed by atoms with Gasteiger partial charge in [0.2, 0.25) is 0 Å². The lowest BCUT2D eigenvalue weighted by molar-refractivity contribution is -0.384. The van der Waals surface area contributed by atoms with Crippen LogP contribution in [0.3, 0.4) is 0 Å². The number of halogens is 1. The summed E-state index contributed by atoms with van der Waals surface area (Å²) in [7, 11) is -3.81. The number of carbonyl (C=O) groups is 1. The third-order valence-corrected chi connectivity index (χ3v) is 6.94. The van der Waals surface area contributed by atoms with E-state index in [4.69, 9.17) is 20.8 Å². The molecule has 2 aromatic heterocycles. The van der Waals surface area contributed by atoms with Crippen molar-refractivity contribution < 1.29 is 27.3 Å². The van der Waals surface area contributed by atoms with E-state index >= 15 is 0 Å². The molecule has 2 heterocycles. The summed E-state index contributed by atoms with van der Waals surface area (Å²) in [6.45, 7) is -0.118. The molecule has 2 N–H and O–H groups in total. The van der Waals surface area contributed by atoms with Crippen LogP contribution in [0.15, 0.2) is 75.5 Å². The Bertz CT molecular complexity index is 1470. The van der Waals surface area contributed by atoms with Crippen LogP contribution >= 0.6 is 22.9 Å². The molecule has 4 aromatic rings. The van der Waals surface area contributed by atoms with Gasteiger partial charge in [0, 0.05) is 23.3 Å². The molecule has 180 valence electrons. The first-order valence-corrected chi connectivity index (χ1v) is 12.4. The number of nitrogens with one attached hydrogen (secondary N) is 2. The van der Waals surface area contributed by atoms with Crippen molar-refractivity contribution in [1.29, 1.82) is 0 Å². The smallest absolute Gasteiger partial charge is 0.291 e. The van der Waals surface area contributed by atoms with Crippen molar-refractivity contribution in [3.63, 3.8) is 0 Å². The third-order valence-electron chi connectivity index (χ3n) is 4.46. The summed E-state index contributed by atoms with van der Waals surface area (Å²) >= 11 is 7.15. The van der Waals surface area contributed by atoms with Gasteiger partial charge in [-0.1, -0.05) is 11.6 Å². The number of aromatic nitrogens is 1. The lowest BCUT2D eigenvalue weighted by atomic mass is 10.3. The average Bonchev–Trinajstić information content (AvgIpc) is 3.51. The number of hydrogen-bond donors (Lipinski definition) is 2. The van der Waals surface area contributed by atoms with Gasteiger partial charge in [-0.3, -0.25) is 19.6 Å². The molecule has 11 nitrogen and oxygen atoms in total. The minimum atomic E-state index is -3.81. The Hall–Kier alpha value is -3.94. The van der Waals surface area contributed by atoms with Crippen LogP contribution in [-0.4, -0.2) is 24.2 Å². The highest BCUT2D eigenvalue weighted by molar-refractivity contribution is 7.93. The average molecular weight is 535 g/mol. The molecule has 0 atom stereocenters. The highest BCUT2D eigenvalue weighted by Gasteiger charge is 2.17. The number of non-ortho nitro benzene ring substituents is 1. The summed E-state index contributed by atoms with van der Waals surface area (Å²) in [4.78, 5) is 26.7. The number of ether oxygens (including phenoxy) is 1. The van der Waals surface area contributed by atoms with E-state index in [1.807, 2.05) is 0 Å². The highest BCUT2D eigenvalue weighted by Crippen LogP contribution is 2.29. The van der Waals surface area contributed by atoms with E-state index < -0.39 is 20.9 Å². The molecule has 0 aliphatic rings. The number of nitro groups is 1. The molecule has 0 saturated carbocycles. The number of nitro benzene ring substituents is 1. The van der Waals surface area contributed by atoms with E-state index in [1.165, 1.54) is 60.8 Å². The second-order valence-electron chi connectivity index (χ2n) is 6.85. The Morgan fingerprint density at radius 2 is 1.94 bits per heavy atom. The molecule has 0 fully saturated rings. The Morgan fingerprint density at radius 1 is 1.17 bits per heavy atom. The fourth-order valence-corrected chi connectivity index (χ4v) is 4.76. The maximum Gasteiger partial charge on any atom is 0.291 e. The van der Waals surface area contributed by atoms with Gasteiger partial charge in [-0.2, -0.15) is 0 Å². The zero-order valence-electron chi connectivity index (χ0n) is 17.5. The van der Waals surface area contributed by atoms with E-state index in [1.54, 1.807) is 5.38 Å². The molecule has 0 aliphatic carbocycles. The molecule has 4 rings (SSSR count). The Balaban J connectivity index is 1.37. The largest absolute Gasteiger partial charge is 0.484 e. The second-order valence-corrected chi connectivity index (χ2v) is 9.83. The van der Waals surface area contributed by atoms with Crippen LogP contribution in [0.1, 0.15) is 16.3 Å². The highest BCUT2D eigenvalue weighted by atomic mass is 35.5. The lowest BCUT2D eigenvalue weighted by Crippen LogP contribution is -2.13. The minimum absolute atomic E-state index is 0.00272. The van der Waals surface area contributed by atoms with Gasteiger partial charge in [0.1, 0.15) is 18.1 Å². The molecule has 0 unspecified atom stereocenters. The quantitative estimate of drug-likeness (QED) is 0.226. The first kappa shape index (κ1) is 24.2. The van der Waals surface area contributed by atoms with E-state index in [9.17, 15) is 23.3 Å². The zero-order chi connectivity index (χ0) is 25.0. The van der Waals surface area contributed by atoms with E-state index in [-0.39, 0.29) is 44.6 Å². The van der Waals surface area contributed by atoms with Crippen molar-refractivity contribution >= 4 is 55.4 Å². The third kappa shape index (κ3) is 5.95. The number of nitrogens with zero attached hydrogens (tertiary/aromatic N) is 2. The number of hydrogen-bond acceptors (Lipinski definition) is 9. The molecule has 0 spiro atoms. The van der Waals surface area contributed by atoms with Crippen molar-refractivity contribution in [2.45, 2.75) is 11.5 Å². The molecule has 1 amide bonds. The fraction of sp³-hybridized carbons (Fsp3) is 0.0476. The number of rotatable bonds is 9. The first-order valence-electron chi connectivity index (χ1n) is 9.70. The van der Waals surface area contributed by atoms with Gasteiger partial charge in [-0.25, -0.2) is 13.4 Å². The molecular weight excluding hydrogens is 520 g/mol. The van der Waals surface area contributed by atoms with Gasteiger partial charge in [0.25, 0.3) is 21.6 Å². The predicted octanol–water partition coefficient (Wildman–Crippen LogP) is 4.93. The van der Waals surface area contributed by atoms with Crippen molar-refractivity contribution in [2.75, 3.05) is 10.0 Å². The van der Waals surface area contributed by atoms with E-state index in [0.717, 1.165) is 11.3 Å².